The molecule has 1 aromatic carbocycles. The fraction of sp³-hybridized carbons (Fsp3) is 0.211. The summed E-state index contributed by atoms with van der Waals surface area (Å²) < 4.78 is 10.4. The molecule has 0 N–H and O–H groups in total. The molecule has 0 radical (unpaired) electrons. The minimum atomic E-state index is -0.838. The molecule has 10 heteroatoms. The van der Waals surface area contributed by atoms with Gasteiger partial charge in [0.15, 0.2) is 5.82 Å². The number of amides is 2. The number of hydroxylamine groups is 2. The number of rotatable bonds is 5. The number of aryl methyl sites for hydroxylation is 1. The summed E-state index contributed by atoms with van der Waals surface area (Å²) in [6.45, 7) is 1.87. The third-order valence-electron chi connectivity index (χ3n) is 4.39. The molecular weight excluding hydrogens is 398 g/mol. The maximum atomic E-state index is 12.8. The van der Waals surface area contributed by atoms with Crippen LogP contribution in [0.5, 0.6) is 5.88 Å². The molecular formula is C19H15N3O6S. The van der Waals surface area contributed by atoms with Gasteiger partial charge in [0.2, 0.25) is 5.88 Å². The van der Waals surface area contributed by atoms with Gasteiger partial charge in [-0.1, -0.05) is 17.2 Å². The third kappa shape index (κ3) is 3.02. The van der Waals surface area contributed by atoms with Crippen LogP contribution in [-0.4, -0.2) is 47.0 Å². The fourth-order valence-corrected chi connectivity index (χ4v) is 4.12. The molecule has 2 amide bonds. The number of fused-ring (bicyclic) bond motifs is 2. The average Bonchev–Trinajstić information content (AvgIpc) is 3.18. The number of thiophene rings is 1. The Hall–Kier alpha value is -3.37. The first-order chi connectivity index (χ1) is 14.0. The molecule has 0 unspecified atom stereocenters. The summed E-state index contributed by atoms with van der Waals surface area (Å²) in [6.07, 6.45) is 0. The summed E-state index contributed by atoms with van der Waals surface area (Å²) in [6, 6.07) is 6.28. The van der Waals surface area contributed by atoms with E-state index in [0.29, 0.717) is 32.5 Å². The second-order valence-corrected chi connectivity index (χ2v) is 7.15. The zero-order chi connectivity index (χ0) is 20.7. The molecule has 1 aliphatic heterocycles. The minimum Gasteiger partial charge on any atom is -0.480 e. The zero-order valence-electron chi connectivity index (χ0n) is 15.7. The van der Waals surface area contributed by atoms with Gasteiger partial charge in [-0.25, -0.2) is 9.78 Å². The van der Waals surface area contributed by atoms with Gasteiger partial charge < -0.3 is 14.3 Å². The number of hydrogen-bond acceptors (Lipinski definition) is 9. The first-order valence-electron chi connectivity index (χ1n) is 8.49. The van der Waals surface area contributed by atoms with E-state index < -0.39 is 17.8 Å². The molecule has 0 bridgehead atoms. The molecule has 0 saturated carbocycles. The monoisotopic (exact) mass is 413 g/mol. The number of aromatic nitrogens is 2. The number of carbonyl (C=O) groups is 3. The van der Waals surface area contributed by atoms with Crippen molar-refractivity contribution in [2.24, 2.45) is 0 Å². The van der Waals surface area contributed by atoms with Gasteiger partial charge in [0, 0.05) is 7.11 Å². The highest BCUT2D eigenvalue weighted by atomic mass is 32.1. The highest BCUT2D eigenvalue weighted by Crippen LogP contribution is 2.36. The SMILES string of the molecule is COCc1nc(OC)c2c(C)c(C(=O)ON3C(=O)c4ccccc4C3=O)sc2n1. The van der Waals surface area contributed by atoms with Gasteiger partial charge in [-0.2, -0.15) is 4.98 Å². The van der Waals surface area contributed by atoms with E-state index in [2.05, 4.69) is 9.97 Å². The molecule has 0 spiro atoms. The van der Waals surface area contributed by atoms with E-state index in [1.165, 1.54) is 26.4 Å². The molecule has 3 heterocycles. The zero-order valence-corrected chi connectivity index (χ0v) is 16.5. The average molecular weight is 413 g/mol. The van der Waals surface area contributed by atoms with Crippen LogP contribution in [0.2, 0.25) is 0 Å². The summed E-state index contributed by atoms with van der Waals surface area (Å²) in [5.41, 5.74) is 0.914. The third-order valence-corrected chi connectivity index (χ3v) is 5.55. The molecule has 148 valence electrons. The maximum Gasteiger partial charge on any atom is 0.374 e. The number of benzene rings is 1. The van der Waals surface area contributed by atoms with E-state index in [4.69, 9.17) is 14.3 Å². The largest absolute Gasteiger partial charge is 0.480 e. The Morgan fingerprint density at radius 3 is 2.34 bits per heavy atom. The number of imide groups is 1. The van der Waals surface area contributed by atoms with Crippen molar-refractivity contribution in [1.29, 1.82) is 0 Å². The highest BCUT2D eigenvalue weighted by molar-refractivity contribution is 7.20. The van der Waals surface area contributed by atoms with Gasteiger partial charge in [-0.3, -0.25) is 9.59 Å². The molecule has 1 aliphatic rings. The van der Waals surface area contributed by atoms with Crippen LogP contribution in [0, 0.1) is 6.92 Å². The lowest BCUT2D eigenvalue weighted by atomic mass is 10.1. The standard InChI is InChI=1S/C19H15N3O6S/c1-9-13-15(27-3)20-12(8-26-2)21-16(13)29-14(9)19(25)28-22-17(23)10-6-4-5-7-11(10)18(22)24/h4-7H,8H2,1-3H3. The first-order valence-corrected chi connectivity index (χ1v) is 9.31. The van der Waals surface area contributed by atoms with E-state index in [-0.39, 0.29) is 22.6 Å². The van der Waals surface area contributed by atoms with E-state index in [0.717, 1.165) is 11.3 Å². The van der Waals surface area contributed by atoms with Crippen LogP contribution in [0.4, 0.5) is 0 Å². The lowest BCUT2D eigenvalue weighted by Gasteiger charge is -2.12. The number of hydrogen-bond donors (Lipinski definition) is 0. The quantitative estimate of drug-likeness (QED) is 0.587. The van der Waals surface area contributed by atoms with Crippen LogP contribution in [0.1, 0.15) is 41.8 Å². The van der Waals surface area contributed by atoms with Crippen LogP contribution >= 0.6 is 11.3 Å². The van der Waals surface area contributed by atoms with E-state index in [9.17, 15) is 14.4 Å². The number of carbonyl (C=O) groups excluding carboxylic acids is 3. The van der Waals surface area contributed by atoms with Gasteiger partial charge in [-0.05, 0) is 24.6 Å². The molecule has 2 aromatic heterocycles. The Morgan fingerprint density at radius 2 is 1.76 bits per heavy atom. The highest BCUT2D eigenvalue weighted by Gasteiger charge is 2.39. The number of nitrogens with zero attached hydrogens (tertiary/aromatic N) is 3. The Bertz CT molecular complexity index is 1140. The Morgan fingerprint density at radius 1 is 1.10 bits per heavy atom. The Balaban J connectivity index is 1.69. The van der Waals surface area contributed by atoms with Crippen molar-refractivity contribution in [3.8, 4) is 5.88 Å². The van der Waals surface area contributed by atoms with Crippen LogP contribution in [0.25, 0.3) is 10.2 Å². The summed E-state index contributed by atoms with van der Waals surface area (Å²) in [5, 5.41) is 1.04. The predicted octanol–water partition coefficient (Wildman–Crippen LogP) is 2.52. The summed E-state index contributed by atoms with van der Waals surface area (Å²) in [7, 11) is 2.98. The van der Waals surface area contributed by atoms with Crippen LogP contribution in [-0.2, 0) is 16.2 Å². The van der Waals surface area contributed by atoms with E-state index in [1.54, 1.807) is 19.1 Å². The van der Waals surface area contributed by atoms with Crippen molar-refractivity contribution in [2.45, 2.75) is 13.5 Å². The molecule has 0 atom stereocenters. The molecule has 0 fully saturated rings. The smallest absolute Gasteiger partial charge is 0.374 e. The van der Waals surface area contributed by atoms with Crippen LogP contribution in [0.15, 0.2) is 24.3 Å². The van der Waals surface area contributed by atoms with Crippen molar-refractivity contribution >= 4 is 39.3 Å². The summed E-state index contributed by atoms with van der Waals surface area (Å²) >= 11 is 1.06. The van der Waals surface area contributed by atoms with Crippen LogP contribution in [0.3, 0.4) is 0 Å². The number of ether oxygens (including phenoxy) is 2. The Labute approximate surface area is 168 Å². The normalized spacial score (nSPS) is 13.1. The number of methoxy groups -OCH3 is 2. The van der Waals surface area contributed by atoms with Gasteiger partial charge >= 0.3 is 5.97 Å². The molecule has 0 saturated heterocycles. The fourth-order valence-electron chi connectivity index (χ4n) is 3.05. The Kier molecular flexibility index (Phi) is 4.73. The van der Waals surface area contributed by atoms with Crippen molar-refractivity contribution in [2.75, 3.05) is 14.2 Å². The van der Waals surface area contributed by atoms with Crippen molar-refractivity contribution < 1.29 is 28.7 Å². The van der Waals surface area contributed by atoms with Crippen LogP contribution < -0.4 is 4.74 Å². The van der Waals surface area contributed by atoms with E-state index >= 15 is 0 Å². The summed E-state index contributed by atoms with van der Waals surface area (Å²) in [5.74, 6) is -1.50. The van der Waals surface area contributed by atoms with Gasteiger partial charge in [0.1, 0.15) is 16.3 Å². The van der Waals surface area contributed by atoms with Gasteiger partial charge in [0.25, 0.3) is 11.8 Å². The van der Waals surface area contributed by atoms with E-state index in [1.807, 2.05) is 0 Å². The molecule has 0 aliphatic carbocycles. The van der Waals surface area contributed by atoms with Crippen molar-refractivity contribution in [3.63, 3.8) is 0 Å². The molecule has 3 aromatic rings. The second kappa shape index (κ2) is 7.22. The molecule has 4 rings (SSSR count). The maximum absolute atomic E-state index is 12.8. The minimum absolute atomic E-state index is 0.179. The molecule has 29 heavy (non-hydrogen) atoms. The topological polar surface area (TPSA) is 108 Å². The predicted molar refractivity (Wildman–Crippen MR) is 102 cm³/mol. The van der Waals surface area contributed by atoms with Gasteiger partial charge in [0.05, 0.1) is 23.6 Å². The van der Waals surface area contributed by atoms with Gasteiger partial charge in [-0.15, -0.1) is 11.3 Å². The summed E-state index contributed by atoms with van der Waals surface area (Å²) in [4.78, 5) is 52.1. The molecule has 9 nitrogen and oxygen atoms in total. The lowest BCUT2D eigenvalue weighted by molar-refractivity contribution is -0.0581. The lowest BCUT2D eigenvalue weighted by Crippen LogP contribution is -2.32. The van der Waals surface area contributed by atoms with Crippen molar-refractivity contribution in [1.82, 2.24) is 15.0 Å². The van der Waals surface area contributed by atoms with Crippen molar-refractivity contribution in [3.05, 3.63) is 51.7 Å². The first kappa shape index (κ1) is 19.0. The second-order valence-electron chi connectivity index (χ2n) is 6.15.